The van der Waals surface area contributed by atoms with Crippen LogP contribution in [0.4, 0.5) is 0 Å². The van der Waals surface area contributed by atoms with Crippen LogP contribution in [0.2, 0.25) is 0 Å². The molecule has 0 amide bonds. The van der Waals surface area contributed by atoms with Crippen molar-refractivity contribution in [3.8, 4) is 0 Å². The fourth-order valence-corrected chi connectivity index (χ4v) is 2.79. The molecular weight excluding hydrogens is 172 g/mol. The molecule has 0 bridgehead atoms. The van der Waals surface area contributed by atoms with E-state index in [0.29, 0.717) is 0 Å². The van der Waals surface area contributed by atoms with Crippen LogP contribution < -0.4 is 0 Å². The smallest absolute Gasteiger partial charge is 0.0930 e. The zero-order valence-electron chi connectivity index (χ0n) is 7.76. The maximum absolute atomic E-state index is 10.1. The SMILES string of the molecule is CC1(C)C=C[C@@H]2[C@@](C)(Cl)[C@]2(O)C1. The van der Waals surface area contributed by atoms with Gasteiger partial charge >= 0.3 is 0 Å². The Labute approximate surface area is 78.4 Å². The first-order valence-electron chi connectivity index (χ1n) is 4.40. The molecule has 1 nitrogen and oxygen atoms in total. The van der Waals surface area contributed by atoms with Gasteiger partial charge in [0.1, 0.15) is 0 Å². The minimum absolute atomic E-state index is 0.0951. The molecule has 1 fully saturated rings. The van der Waals surface area contributed by atoms with Gasteiger partial charge in [-0.3, -0.25) is 0 Å². The van der Waals surface area contributed by atoms with E-state index in [9.17, 15) is 5.11 Å². The van der Waals surface area contributed by atoms with Crippen LogP contribution in [0.3, 0.4) is 0 Å². The molecule has 2 heteroatoms. The molecule has 0 aromatic heterocycles. The van der Waals surface area contributed by atoms with Gasteiger partial charge in [0.25, 0.3) is 0 Å². The highest BCUT2D eigenvalue weighted by atomic mass is 35.5. The molecule has 0 spiro atoms. The van der Waals surface area contributed by atoms with E-state index in [-0.39, 0.29) is 11.3 Å². The first-order valence-corrected chi connectivity index (χ1v) is 4.78. The fraction of sp³-hybridized carbons (Fsp3) is 0.800. The van der Waals surface area contributed by atoms with Crippen LogP contribution in [0.25, 0.3) is 0 Å². The summed E-state index contributed by atoms with van der Waals surface area (Å²) in [5.41, 5.74) is -0.551. The number of hydrogen-bond donors (Lipinski definition) is 1. The lowest BCUT2D eigenvalue weighted by molar-refractivity contribution is 0.0831. The van der Waals surface area contributed by atoms with Gasteiger partial charge in [-0.1, -0.05) is 26.0 Å². The van der Waals surface area contributed by atoms with E-state index in [0.717, 1.165) is 6.42 Å². The molecule has 0 aromatic carbocycles. The molecule has 0 heterocycles. The Morgan fingerprint density at radius 3 is 2.42 bits per heavy atom. The number of halogens is 1. The van der Waals surface area contributed by atoms with Crippen LogP contribution in [0, 0.1) is 11.3 Å². The summed E-state index contributed by atoms with van der Waals surface area (Å²) in [5, 5.41) is 10.1. The van der Waals surface area contributed by atoms with Gasteiger partial charge in [0, 0.05) is 5.92 Å². The lowest BCUT2D eigenvalue weighted by Gasteiger charge is -2.27. The van der Waals surface area contributed by atoms with Crippen molar-refractivity contribution in [2.45, 2.75) is 37.7 Å². The summed E-state index contributed by atoms with van der Waals surface area (Å²) in [6.07, 6.45) is 5.01. The van der Waals surface area contributed by atoms with Crippen molar-refractivity contribution in [2.75, 3.05) is 0 Å². The second kappa shape index (κ2) is 1.91. The van der Waals surface area contributed by atoms with E-state index in [4.69, 9.17) is 11.6 Å². The first-order chi connectivity index (χ1) is 5.30. The van der Waals surface area contributed by atoms with Gasteiger partial charge in [-0.05, 0) is 18.8 Å². The van der Waals surface area contributed by atoms with Crippen LogP contribution in [0.1, 0.15) is 27.2 Å². The van der Waals surface area contributed by atoms with Crippen molar-refractivity contribution in [3.05, 3.63) is 12.2 Å². The standard InChI is InChI=1S/C10H15ClO/c1-8(2)5-4-7-9(3,11)10(7,12)6-8/h4-5,7,12H,6H2,1-3H3/t7-,9-,10+/m1/s1. The predicted octanol–water partition coefficient (Wildman–Crippen LogP) is 2.33. The maximum atomic E-state index is 10.1. The van der Waals surface area contributed by atoms with Crippen molar-refractivity contribution in [3.63, 3.8) is 0 Å². The van der Waals surface area contributed by atoms with Gasteiger partial charge in [-0.15, -0.1) is 11.6 Å². The third-order valence-electron chi connectivity index (χ3n) is 3.33. The van der Waals surface area contributed by atoms with E-state index in [2.05, 4.69) is 26.0 Å². The van der Waals surface area contributed by atoms with Gasteiger partial charge in [0.15, 0.2) is 0 Å². The van der Waals surface area contributed by atoms with Crippen molar-refractivity contribution in [1.29, 1.82) is 0 Å². The molecule has 0 aliphatic heterocycles. The number of allylic oxidation sites excluding steroid dienone is 1. The molecule has 0 radical (unpaired) electrons. The molecule has 2 rings (SSSR count). The average Bonchev–Trinajstić information content (AvgIpc) is 2.23. The third-order valence-corrected chi connectivity index (χ3v) is 3.89. The molecule has 2 aliphatic carbocycles. The lowest BCUT2D eigenvalue weighted by atomic mass is 9.81. The highest BCUT2D eigenvalue weighted by molar-refractivity contribution is 6.27. The molecule has 0 saturated heterocycles. The zero-order chi connectivity index (χ0) is 9.20. The zero-order valence-corrected chi connectivity index (χ0v) is 8.52. The van der Waals surface area contributed by atoms with E-state index in [1.54, 1.807) is 0 Å². The molecule has 0 aromatic rings. The Balaban J connectivity index is 2.32. The number of hydrogen-bond acceptors (Lipinski definition) is 1. The normalized spacial score (nSPS) is 54.9. The van der Waals surface area contributed by atoms with Crippen molar-refractivity contribution in [2.24, 2.45) is 11.3 Å². The summed E-state index contributed by atoms with van der Waals surface area (Å²) in [7, 11) is 0. The van der Waals surface area contributed by atoms with Gasteiger partial charge in [-0.25, -0.2) is 0 Å². The van der Waals surface area contributed by atoms with Gasteiger partial charge in [0.05, 0.1) is 10.5 Å². The molecule has 68 valence electrons. The summed E-state index contributed by atoms with van der Waals surface area (Å²) >= 11 is 6.18. The molecule has 0 unspecified atom stereocenters. The highest BCUT2D eigenvalue weighted by Crippen LogP contribution is 2.66. The van der Waals surface area contributed by atoms with Crippen molar-refractivity contribution in [1.82, 2.24) is 0 Å². The lowest BCUT2D eigenvalue weighted by Crippen LogP contribution is -2.28. The predicted molar refractivity (Wildman–Crippen MR) is 50.2 cm³/mol. The Morgan fingerprint density at radius 2 is 2.00 bits per heavy atom. The molecule has 1 N–H and O–H groups in total. The third kappa shape index (κ3) is 0.841. The van der Waals surface area contributed by atoms with Crippen molar-refractivity contribution < 1.29 is 5.11 Å². The van der Waals surface area contributed by atoms with Gasteiger partial charge in [-0.2, -0.15) is 0 Å². The van der Waals surface area contributed by atoms with Gasteiger partial charge < -0.3 is 5.11 Å². The summed E-state index contributed by atoms with van der Waals surface area (Å²) in [4.78, 5) is -0.419. The number of aliphatic hydroxyl groups is 1. The van der Waals surface area contributed by atoms with Crippen LogP contribution >= 0.6 is 11.6 Å². The van der Waals surface area contributed by atoms with E-state index < -0.39 is 10.5 Å². The second-order valence-electron chi connectivity index (χ2n) is 5.00. The summed E-state index contributed by atoms with van der Waals surface area (Å²) < 4.78 is 0. The largest absolute Gasteiger partial charge is 0.387 e. The van der Waals surface area contributed by atoms with E-state index in [1.807, 2.05) is 6.92 Å². The van der Waals surface area contributed by atoms with Crippen molar-refractivity contribution >= 4 is 11.6 Å². The summed E-state index contributed by atoms with van der Waals surface area (Å²) in [6.45, 7) is 6.18. The Kier molecular flexibility index (Phi) is 1.36. The maximum Gasteiger partial charge on any atom is 0.0930 e. The van der Waals surface area contributed by atoms with E-state index in [1.165, 1.54) is 0 Å². The van der Waals surface area contributed by atoms with Crippen LogP contribution in [0.15, 0.2) is 12.2 Å². The Bertz CT molecular complexity index is 255. The monoisotopic (exact) mass is 186 g/mol. The van der Waals surface area contributed by atoms with Crippen LogP contribution in [-0.2, 0) is 0 Å². The minimum atomic E-state index is -0.646. The average molecular weight is 187 g/mol. The number of rotatable bonds is 0. The number of fused-ring (bicyclic) bond motifs is 1. The molecule has 3 atom stereocenters. The topological polar surface area (TPSA) is 20.2 Å². The highest BCUT2D eigenvalue weighted by Gasteiger charge is 2.73. The number of alkyl halides is 1. The second-order valence-corrected chi connectivity index (χ2v) is 5.79. The van der Waals surface area contributed by atoms with Crippen LogP contribution in [-0.4, -0.2) is 15.6 Å². The Morgan fingerprint density at radius 1 is 1.42 bits per heavy atom. The van der Waals surface area contributed by atoms with Crippen LogP contribution in [0.5, 0.6) is 0 Å². The minimum Gasteiger partial charge on any atom is -0.387 e. The molecule has 1 saturated carbocycles. The fourth-order valence-electron chi connectivity index (χ4n) is 2.40. The summed E-state index contributed by atoms with van der Waals surface area (Å²) in [6, 6.07) is 0. The molecular formula is C10H15ClO. The van der Waals surface area contributed by atoms with E-state index >= 15 is 0 Å². The first kappa shape index (κ1) is 8.58. The quantitative estimate of drug-likeness (QED) is 0.455. The molecule has 12 heavy (non-hydrogen) atoms. The van der Waals surface area contributed by atoms with Gasteiger partial charge in [0.2, 0.25) is 0 Å². The molecule has 2 aliphatic rings. The summed E-state index contributed by atoms with van der Waals surface area (Å²) in [5.74, 6) is 0.166. The Hall–Kier alpha value is -0.0100.